The fourth-order valence-corrected chi connectivity index (χ4v) is 5.78. The van der Waals surface area contributed by atoms with Crippen molar-refractivity contribution in [1.29, 1.82) is 0 Å². The number of imidazole rings is 1. The van der Waals surface area contributed by atoms with Crippen LogP contribution < -0.4 is 20.7 Å². The summed E-state index contributed by atoms with van der Waals surface area (Å²) in [5, 5.41) is 9.73. The molecule has 0 bridgehead atoms. The molecule has 4 heterocycles. The number of carbonyl (C=O) groups excluding carboxylic acids is 2. The highest BCUT2D eigenvalue weighted by molar-refractivity contribution is 5.96. The Balaban J connectivity index is 1.12. The Morgan fingerprint density at radius 1 is 1.10 bits per heavy atom. The smallest absolute Gasteiger partial charge is 0.254 e. The molecule has 1 atom stereocenters. The van der Waals surface area contributed by atoms with Gasteiger partial charge in [0.1, 0.15) is 0 Å². The van der Waals surface area contributed by atoms with Crippen LogP contribution in [-0.2, 0) is 4.79 Å². The lowest BCUT2D eigenvalue weighted by atomic mass is 9.94. The van der Waals surface area contributed by atoms with Crippen molar-refractivity contribution in [3.8, 4) is 17.0 Å². The normalized spacial score (nSPS) is 17.4. The molecule has 0 saturated carbocycles. The average Bonchev–Trinajstić information content (AvgIpc) is 3.68. The van der Waals surface area contributed by atoms with E-state index in [9.17, 15) is 14.0 Å². The molecule has 2 amide bonds. The van der Waals surface area contributed by atoms with Gasteiger partial charge in [0.15, 0.2) is 23.0 Å². The number of anilines is 2. The van der Waals surface area contributed by atoms with Crippen LogP contribution in [0, 0.1) is 18.7 Å². The number of hydrogen-bond donors (Lipinski definition) is 3. The van der Waals surface area contributed by atoms with Gasteiger partial charge in [-0.05, 0) is 74.7 Å². The maximum absolute atomic E-state index is 14.3. The van der Waals surface area contributed by atoms with Crippen LogP contribution in [0.2, 0.25) is 0 Å². The summed E-state index contributed by atoms with van der Waals surface area (Å²) in [5.74, 6) is 0.289. The molecule has 2 aromatic heterocycles. The molecule has 4 aromatic rings. The van der Waals surface area contributed by atoms with E-state index in [0.717, 1.165) is 30.8 Å². The number of hydrogen-bond acceptors (Lipinski definition) is 7. The molecular weight excluding hydrogens is 537 g/mol. The molecule has 218 valence electrons. The van der Waals surface area contributed by atoms with E-state index in [1.165, 1.54) is 13.2 Å². The number of aryl methyl sites for hydroxylation is 1. The van der Waals surface area contributed by atoms with Crippen LogP contribution in [0.25, 0.3) is 16.9 Å². The molecule has 0 radical (unpaired) electrons. The first-order chi connectivity index (χ1) is 20.4. The second-order valence-corrected chi connectivity index (χ2v) is 10.9. The van der Waals surface area contributed by atoms with Crippen LogP contribution in [-0.4, -0.2) is 70.4 Å². The van der Waals surface area contributed by atoms with Crippen molar-refractivity contribution >= 4 is 29.0 Å². The summed E-state index contributed by atoms with van der Waals surface area (Å²) in [6.07, 6.45) is 7.40. The van der Waals surface area contributed by atoms with E-state index in [0.29, 0.717) is 54.2 Å². The van der Waals surface area contributed by atoms with E-state index >= 15 is 0 Å². The predicted octanol–water partition coefficient (Wildman–Crippen LogP) is 3.93. The summed E-state index contributed by atoms with van der Waals surface area (Å²) in [7, 11) is 1.43. The molecule has 6 rings (SSSR count). The summed E-state index contributed by atoms with van der Waals surface area (Å²) in [4.78, 5) is 36.9. The Morgan fingerprint density at radius 3 is 2.64 bits per heavy atom. The lowest BCUT2D eigenvalue weighted by Gasteiger charge is -2.32. The summed E-state index contributed by atoms with van der Waals surface area (Å²) in [6.45, 7) is 4.80. The van der Waals surface area contributed by atoms with Crippen molar-refractivity contribution in [2.24, 2.45) is 5.92 Å². The number of ether oxygens (including phenoxy) is 1. The SMILES string of the molecule is COc1ccc(-c2cnc3c(Nc4ccc(C(=O)N5CCC(C(=O)N[C@@H]6CCNC6)CC5)c(C)c4)nccn23)cc1F. The topological polar surface area (TPSA) is 113 Å². The van der Waals surface area contributed by atoms with E-state index in [1.54, 1.807) is 30.7 Å². The van der Waals surface area contributed by atoms with Crippen LogP contribution in [0.1, 0.15) is 35.2 Å². The molecule has 2 aromatic carbocycles. The number of carbonyl (C=O) groups is 2. The number of benzene rings is 2. The van der Waals surface area contributed by atoms with Gasteiger partial charge in [-0.15, -0.1) is 0 Å². The fraction of sp³-hybridized carbons (Fsp3) is 0.355. The maximum Gasteiger partial charge on any atom is 0.254 e. The highest BCUT2D eigenvalue weighted by atomic mass is 19.1. The summed E-state index contributed by atoms with van der Waals surface area (Å²) >= 11 is 0. The number of fused-ring (bicyclic) bond motifs is 1. The van der Waals surface area contributed by atoms with Gasteiger partial charge >= 0.3 is 0 Å². The Morgan fingerprint density at radius 2 is 1.93 bits per heavy atom. The summed E-state index contributed by atoms with van der Waals surface area (Å²) in [5.41, 5.74) is 4.19. The van der Waals surface area contributed by atoms with E-state index in [4.69, 9.17) is 4.74 Å². The van der Waals surface area contributed by atoms with Crippen LogP contribution in [0.5, 0.6) is 5.75 Å². The van der Waals surface area contributed by atoms with E-state index in [-0.39, 0.29) is 29.5 Å². The Kier molecular flexibility index (Phi) is 7.75. The summed E-state index contributed by atoms with van der Waals surface area (Å²) in [6, 6.07) is 10.6. The minimum atomic E-state index is -0.450. The average molecular weight is 572 g/mol. The van der Waals surface area contributed by atoms with Crippen molar-refractivity contribution < 1.29 is 18.7 Å². The van der Waals surface area contributed by atoms with Gasteiger partial charge in [-0.25, -0.2) is 14.4 Å². The van der Waals surface area contributed by atoms with Gasteiger partial charge < -0.3 is 25.6 Å². The second kappa shape index (κ2) is 11.8. The van der Waals surface area contributed by atoms with Crippen molar-refractivity contribution in [2.45, 2.75) is 32.2 Å². The number of aromatic nitrogens is 3. The lowest BCUT2D eigenvalue weighted by molar-refractivity contribution is -0.126. The first-order valence-corrected chi connectivity index (χ1v) is 14.3. The number of halogens is 1. The molecule has 2 fully saturated rings. The molecule has 2 saturated heterocycles. The van der Waals surface area contributed by atoms with E-state index in [2.05, 4.69) is 25.9 Å². The molecule has 0 spiro atoms. The first-order valence-electron chi connectivity index (χ1n) is 14.3. The van der Waals surface area contributed by atoms with Gasteiger partial charge in [0.05, 0.1) is 19.0 Å². The molecule has 11 heteroatoms. The molecule has 3 N–H and O–H groups in total. The monoisotopic (exact) mass is 571 g/mol. The molecule has 0 aliphatic carbocycles. The number of methoxy groups -OCH3 is 1. The van der Waals surface area contributed by atoms with E-state index < -0.39 is 5.82 Å². The maximum atomic E-state index is 14.3. The predicted molar refractivity (Wildman–Crippen MR) is 157 cm³/mol. The lowest BCUT2D eigenvalue weighted by Crippen LogP contribution is -2.45. The standard InChI is InChI=1S/C31H34FN7O3/c1-19-15-22(4-5-24(19)31(41)38-12-8-20(9-13-38)30(40)37-23-7-10-33-17-23)36-28-29-35-18-26(39(29)14-11-34-28)21-3-6-27(42-2)25(32)16-21/h3-6,11,14-16,18,20,23,33H,7-10,12-13,17H2,1-2H3,(H,34,36)(H,37,40)/t23-/m1/s1. The zero-order valence-electron chi connectivity index (χ0n) is 23.7. The van der Waals surface area contributed by atoms with Crippen molar-refractivity contribution in [3.63, 3.8) is 0 Å². The number of piperidine rings is 1. The minimum Gasteiger partial charge on any atom is -0.494 e. The molecule has 0 unspecified atom stereocenters. The summed E-state index contributed by atoms with van der Waals surface area (Å²) < 4.78 is 21.2. The van der Waals surface area contributed by atoms with Crippen molar-refractivity contribution in [2.75, 3.05) is 38.6 Å². The Labute approximate surface area is 243 Å². The van der Waals surface area contributed by atoms with E-state index in [1.807, 2.05) is 34.4 Å². The first kappa shape index (κ1) is 27.6. The highest BCUT2D eigenvalue weighted by Crippen LogP contribution is 2.29. The molecule has 2 aliphatic heterocycles. The number of nitrogens with one attached hydrogen (secondary N) is 3. The molecule has 2 aliphatic rings. The van der Waals surface area contributed by atoms with Gasteiger partial charge in [0, 0.05) is 60.8 Å². The van der Waals surface area contributed by atoms with Crippen LogP contribution in [0.3, 0.4) is 0 Å². The van der Waals surface area contributed by atoms with Gasteiger partial charge in [0.2, 0.25) is 5.91 Å². The third-order valence-electron chi connectivity index (χ3n) is 8.15. The number of amides is 2. The molecule has 42 heavy (non-hydrogen) atoms. The Hall–Kier alpha value is -4.51. The minimum absolute atomic E-state index is 0.0252. The molecular formula is C31H34FN7O3. The molecule has 10 nitrogen and oxygen atoms in total. The van der Waals surface area contributed by atoms with Gasteiger partial charge in [0.25, 0.3) is 5.91 Å². The van der Waals surface area contributed by atoms with Gasteiger partial charge in [-0.3, -0.25) is 14.0 Å². The third kappa shape index (κ3) is 5.52. The van der Waals surface area contributed by atoms with Gasteiger partial charge in [-0.2, -0.15) is 0 Å². The number of nitrogens with zero attached hydrogens (tertiary/aromatic N) is 4. The van der Waals surface area contributed by atoms with Crippen LogP contribution >= 0.6 is 0 Å². The van der Waals surface area contributed by atoms with Crippen molar-refractivity contribution in [3.05, 3.63) is 71.9 Å². The third-order valence-corrected chi connectivity index (χ3v) is 8.15. The van der Waals surface area contributed by atoms with Crippen molar-refractivity contribution in [1.82, 2.24) is 29.9 Å². The van der Waals surface area contributed by atoms with Crippen LogP contribution in [0.15, 0.2) is 55.0 Å². The fourth-order valence-electron chi connectivity index (χ4n) is 5.78. The van der Waals surface area contributed by atoms with Crippen LogP contribution in [0.4, 0.5) is 15.9 Å². The zero-order valence-corrected chi connectivity index (χ0v) is 23.7. The number of likely N-dealkylation sites (tertiary alicyclic amines) is 1. The largest absolute Gasteiger partial charge is 0.494 e. The van der Waals surface area contributed by atoms with Gasteiger partial charge in [-0.1, -0.05) is 0 Å². The Bertz CT molecular complexity index is 1620. The zero-order chi connectivity index (χ0) is 29.2. The highest BCUT2D eigenvalue weighted by Gasteiger charge is 2.30. The quantitative estimate of drug-likeness (QED) is 0.308. The number of rotatable bonds is 7. The second-order valence-electron chi connectivity index (χ2n) is 10.9.